The fraction of sp³-hybridized carbons (Fsp3) is 0.500. The number of carbonyl (C=O) groups is 2. The molecule has 114 valence electrons. The Morgan fingerprint density at radius 3 is 2.57 bits per heavy atom. The predicted octanol–water partition coefficient (Wildman–Crippen LogP) is 3.27. The van der Waals surface area contributed by atoms with E-state index >= 15 is 0 Å². The number of rotatable bonds is 4. The molecule has 1 aromatic carbocycles. The molecule has 1 fully saturated rings. The first-order chi connectivity index (χ1) is 9.99. The molecule has 0 radical (unpaired) electrons. The Balaban J connectivity index is 1.85. The molecule has 2 N–H and O–H groups in total. The van der Waals surface area contributed by atoms with Crippen molar-refractivity contribution in [2.45, 2.75) is 32.6 Å². The molecule has 2 rings (SSSR count). The Labute approximate surface area is 129 Å². The van der Waals surface area contributed by atoms with Gasteiger partial charge in [-0.1, -0.05) is 17.7 Å². The zero-order valence-corrected chi connectivity index (χ0v) is 12.8. The van der Waals surface area contributed by atoms with E-state index in [1.54, 1.807) is 18.2 Å². The highest BCUT2D eigenvalue weighted by Gasteiger charge is 2.26. The summed E-state index contributed by atoms with van der Waals surface area (Å²) in [6.07, 6.45) is 3.11. The number of halogens is 1. The number of carboxylic acids is 1. The van der Waals surface area contributed by atoms with Crippen LogP contribution in [-0.4, -0.2) is 23.5 Å². The maximum atomic E-state index is 12.2. The van der Waals surface area contributed by atoms with Crippen molar-refractivity contribution in [1.82, 2.24) is 5.32 Å². The summed E-state index contributed by atoms with van der Waals surface area (Å²) in [5.41, 5.74) is 1.38. The molecule has 1 aliphatic carbocycles. The van der Waals surface area contributed by atoms with Gasteiger partial charge in [0.2, 0.25) is 0 Å². The summed E-state index contributed by atoms with van der Waals surface area (Å²) in [6.45, 7) is 2.42. The van der Waals surface area contributed by atoms with Crippen LogP contribution in [0, 0.1) is 18.8 Å². The molecule has 0 spiro atoms. The third kappa shape index (κ3) is 3.97. The van der Waals surface area contributed by atoms with E-state index in [2.05, 4.69) is 5.32 Å². The number of nitrogens with one attached hydrogen (secondary N) is 1. The molecule has 1 amide bonds. The minimum Gasteiger partial charge on any atom is -0.481 e. The molecule has 1 aromatic rings. The first kappa shape index (κ1) is 15.8. The van der Waals surface area contributed by atoms with Crippen LogP contribution in [0.3, 0.4) is 0 Å². The summed E-state index contributed by atoms with van der Waals surface area (Å²) >= 11 is 6.02. The molecule has 4 nitrogen and oxygen atoms in total. The average molecular weight is 310 g/mol. The minimum absolute atomic E-state index is 0.115. The van der Waals surface area contributed by atoms with Crippen molar-refractivity contribution < 1.29 is 14.7 Å². The first-order valence-electron chi connectivity index (χ1n) is 7.25. The molecule has 0 aliphatic heterocycles. The fourth-order valence-electron chi connectivity index (χ4n) is 2.80. The molecule has 0 saturated heterocycles. The van der Waals surface area contributed by atoms with Gasteiger partial charge in [-0.3, -0.25) is 9.59 Å². The summed E-state index contributed by atoms with van der Waals surface area (Å²) in [5.74, 6) is -0.668. The van der Waals surface area contributed by atoms with Gasteiger partial charge in [-0.15, -0.1) is 0 Å². The van der Waals surface area contributed by atoms with E-state index in [0.717, 1.165) is 18.4 Å². The van der Waals surface area contributed by atoms with Gasteiger partial charge in [0, 0.05) is 17.1 Å². The Morgan fingerprint density at radius 2 is 1.95 bits per heavy atom. The predicted molar refractivity (Wildman–Crippen MR) is 81.6 cm³/mol. The largest absolute Gasteiger partial charge is 0.481 e. The fourth-order valence-corrected chi connectivity index (χ4v) is 2.97. The molecule has 0 atom stereocenters. The molecule has 1 aliphatic rings. The van der Waals surface area contributed by atoms with Gasteiger partial charge in [0.1, 0.15) is 0 Å². The van der Waals surface area contributed by atoms with Crippen LogP contribution in [0.1, 0.15) is 41.6 Å². The Morgan fingerprint density at radius 1 is 1.29 bits per heavy atom. The van der Waals surface area contributed by atoms with E-state index in [-0.39, 0.29) is 11.8 Å². The summed E-state index contributed by atoms with van der Waals surface area (Å²) in [5, 5.41) is 12.5. The van der Waals surface area contributed by atoms with Crippen LogP contribution < -0.4 is 5.32 Å². The number of carbonyl (C=O) groups excluding carboxylic acids is 1. The Kier molecular flexibility index (Phi) is 5.23. The molecular weight excluding hydrogens is 290 g/mol. The summed E-state index contributed by atoms with van der Waals surface area (Å²) < 4.78 is 0. The topological polar surface area (TPSA) is 66.4 Å². The number of hydrogen-bond donors (Lipinski definition) is 2. The highest BCUT2D eigenvalue weighted by molar-refractivity contribution is 6.31. The standard InChI is InChI=1S/C16H20ClNO3/c1-10-13(3-2-4-14(10)17)15(19)18-9-11-5-7-12(8-6-11)16(20)21/h2-4,11-12H,5-9H2,1H3,(H,18,19)(H,20,21). The smallest absolute Gasteiger partial charge is 0.306 e. The number of carboxylic acid groups (broad SMARTS) is 1. The molecular formula is C16H20ClNO3. The number of amides is 1. The lowest BCUT2D eigenvalue weighted by molar-refractivity contribution is -0.143. The van der Waals surface area contributed by atoms with Crippen molar-refractivity contribution >= 4 is 23.5 Å². The van der Waals surface area contributed by atoms with E-state index in [0.29, 0.717) is 35.9 Å². The van der Waals surface area contributed by atoms with Crippen LogP contribution in [0.15, 0.2) is 18.2 Å². The van der Waals surface area contributed by atoms with Crippen molar-refractivity contribution in [3.05, 3.63) is 34.3 Å². The van der Waals surface area contributed by atoms with Gasteiger partial charge < -0.3 is 10.4 Å². The minimum atomic E-state index is -0.702. The molecule has 5 heteroatoms. The van der Waals surface area contributed by atoms with Crippen molar-refractivity contribution in [2.24, 2.45) is 11.8 Å². The molecule has 0 aromatic heterocycles. The second-order valence-electron chi connectivity index (χ2n) is 5.68. The Bertz CT molecular complexity index is 536. The lowest BCUT2D eigenvalue weighted by Crippen LogP contribution is -2.32. The lowest BCUT2D eigenvalue weighted by Gasteiger charge is -2.26. The molecule has 0 unspecified atom stereocenters. The second kappa shape index (κ2) is 6.94. The molecule has 0 heterocycles. The summed E-state index contributed by atoms with van der Waals surface area (Å²) in [7, 11) is 0. The summed E-state index contributed by atoms with van der Waals surface area (Å²) in [6, 6.07) is 5.29. The van der Waals surface area contributed by atoms with Crippen molar-refractivity contribution in [1.29, 1.82) is 0 Å². The van der Waals surface area contributed by atoms with Gasteiger partial charge in [-0.05, 0) is 56.2 Å². The van der Waals surface area contributed by atoms with Crippen molar-refractivity contribution in [2.75, 3.05) is 6.54 Å². The molecule has 0 bridgehead atoms. The third-order valence-corrected chi connectivity index (χ3v) is 4.67. The number of hydrogen-bond acceptors (Lipinski definition) is 2. The number of aliphatic carboxylic acids is 1. The normalized spacial score (nSPS) is 21.8. The van der Waals surface area contributed by atoms with E-state index in [1.807, 2.05) is 6.92 Å². The SMILES string of the molecule is Cc1c(Cl)cccc1C(=O)NCC1CCC(C(=O)O)CC1. The van der Waals surface area contributed by atoms with Crippen molar-refractivity contribution in [3.8, 4) is 0 Å². The second-order valence-corrected chi connectivity index (χ2v) is 6.09. The highest BCUT2D eigenvalue weighted by Crippen LogP contribution is 2.28. The monoisotopic (exact) mass is 309 g/mol. The quantitative estimate of drug-likeness (QED) is 0.897. The zero-order chi connectivity index (χ0) is 15.4. The highest BCUT2D eigenvalue weighted by atomic mass is 35.5. The van der Waals surface area contributed by atoms with Gasteiger partial charge in [-0.2, -0.15) is 0 Å². The van der Waals surface area contributed by atoms with Gasteiger partial charge in [0.15, 0.2) is 0 Å². The maximum Gasteiger partial charge on any atom is 0.306 e. The van der Waals surface area contributed by atoms with Crippen LogP contribution in [0.25, 0.3) is 0 Å². The van der Waals surface area contributed by atoms with E-state index in [4.69, 9.17) is 16.7 Å². The van der Waals surface area contributed by atoms with Crippen molar-refractivity contribution in [3.63, 3.8) is 0 Å². The lowest BCUT2D eigenvalue weighted by atomic mass is 9.82. The van der Waals surface area contributed by atoms with Crippen LogP contribution in [-0.2, 0) is 4.79 Å². The van der Waals surface area contributed by atoms with Crippen LogP contribution in [0.2, 0.25) is 5.02 Å². The number of benzene rings is 1. The van der Waals surface area contributed by atoms with Gasteiger partial charge in [0.25, 0.3) is 5.91 Å². The van der Waals surface area contributed by atoms with Crippen LogP contribution in [0.5, 0.6) is 0 Å². The van der Waals surface area contributed by atoms with Crippen LogP contribution >= 0.6 is 11.6 Å². The molecule has 21 heavy (non-hydrogen) atoms. The van der Waals surface area contributed by atoms with E-state index in [1.165, 1.54) is 0 Å². The van der Waals surface area contributed by atoms with Gasteiger partial charge >= 0.3 is 5.97 Å². The molecule has 1 saturated carbocycles. The third-order valence-electron chi connectivity index (χ3n) is 4.26. The first-order valence-corrected chi connectivity index (χ1v) is 7.63. The van der Waals surface area contributed by atoms with E-state index in [9.17, 15) is 9.59 Å². The average Bonchev–Trinajstić information content (AvgIpc) is 2.48. The summed E-state index contributed by atoms with van der Waals surface area (Å²) in [4.78, 5) is 23.1. The van der Waals surface area contributed by atoms with Gasteiger partial charge in [-0.25, -0.2) is 0 Å². The maximum absolute atomic E-state index is 12.2. The Hall–Kier alpha value is -1.55. The van der Waals surface area contributed by atoms with E-state index < -0.39 is 5.97 Å². The zero-order valence-electron chi connectivity index (χ0n) is 12.1. The van der Waals surface area contributed by atoms with Crippen LogP contribution in [0.4, 0.5) is 0 Å². The van der Waals surface area contributed by atoms with Gasteiger partial charge in [0.05, 0.1) is 5.92 Å².